The standard InChI is InChI=1S/C21H38N4O3/c1-23(2)21(8-4-3-5-9-21)17-22-20(27)18-6-7-19(26)25(16-18)11-10-24-12-14-28-15-13-24/h18H,3-17H2,1-2H3,(H,22,27)/t18-/m1/s1. The largest absolute Gasteiger partial charge is 0.379 e. The number of nitrogens with zero attached hydrogens (tertiary/aromatic N) is 3. The second kappa shape index (κ2) is 10.0. The average molecular weight is 395 g/mol. The van der Waals surface area contributed by atoms with Gasteiger partial charge in [0.25, 0.3) is 0 Å². The molecule has 2 amide bonds. The van der Waals surface area contributed by atoms with Crippen LogP contribution < -0.4 is 5.32 Å². The van der Waals surface area contributed by atoms with Crippen LogP contribution in [0.3, 0.4) is 0 Å². The maximum Gasteiger partial charge on any atom is 0.224 e. The Balaban J connectivity index is 1.48. The van der Waals surface area contributed by atoms with Gasteiger partial charge < -0.3 is 19.9 Å². The van der Waals surface area contributed by atoms with Gasteiger partial charge in [-0.05, 0) is 33.4 Å². The van der Waals surface area contributed by atoms with Gasteiger partial charge in [-0.25, -0.2) is 0 Å². The summed E-state index contributed by atoms with van der Waals surface area (Å²) >= 11 is 0. The van der Waals surface area contributed by atoms with E-state index >= 15 is 0 Å². The molecule has 0 bridgehead atoms. The van der Waals surface area contributed by atoms with Crippen molar-refractivity contribution in [3.63, 3.8) is 0 Å². The van der Waals surface area contributed by atoms with Crippen LogP contribution in [-0.2, 0) is 14.3 Å². The van der Waals surface area contributed by atoms with E-state index in [0.29, 0.717) is 25.9 Å². The Morgan fingerprint density at radius 3 is 2.57 bits per heavy atom. The average Bonchev–Trinajstić information content (AvgIpc) is 2.72. The summed E-state index contributed by atoms with van der Waals surface area (Å²) in [6, 6.07) is 0. The van der Waals surface area contributed by atoms with Crippen LogP contribution in [0.25, 0.3) is 0 Å². The van der Waals surface area contributed by atoms with Crippen molar-refractivity contribution in [2.45, 2.75) is 50.5 Å². The molecule has 0 aromatic carbocycles. The number of amides is 2. The fraction of sp³-hybridized carbons (Fsp3) is 0.905. The van der Waals surface area contributed by atoms with Crippen LogP contribution in [0.1, 0.15) is 44.9 Å². The molecule has 1 saturated carbocycles. The molecule has 2 aliphatic heterocycles. The highest BCUT2D eigenvalue weighted by Crippen LogP contribution is 2.31. The maximum absolute atomic E-state index is 12.9. The van der Waals surface area contributed by atoms with Crippen LogP contribution in [0.2, 0.25) is 0 Å². The van der Waals surface area contributed by atoms with Crippen LogP contribution in [0, 0.1) is 5.92 Å². The van der Waals surface area contributed by atoms with E-state index in [-0.39, 0.29) is 23.3 Å². The first-order valence-corrected chi connectivity index (χ1v) is 11.0. The molecule has 0 aromatic heterocycles. The summed E-state index contributed by atoms with van der Waals surface area (Å²) in [7, 11) is 4.26. The number of carbonyl (C=O) groups excluding carboxylic acids is 2. The molecule has 28 heavy (non-hydrogen) atoms. The Morgan fingerprint density at radius 2 is 1.89 bits per heavy atom. The first-order valence-electron chi connectivity index (χ1n) is 11.0. The van der Waals surface area contributed by atoms with Crippen LogP contribution >= 0.6 is 0 Å². The van der Waals surface area contributed by atoms with Crippen LogP contribution in [-0.4, -0.2) is 98.6 Å². The van der Waals surface area contributed by atoms with Crippen LogP contribution in [0.5, 0.6) is 0 Å². The zero-order chi connectivity index (χ0) is 20.0. The lowest BCUT2D eigenvalue weighted by Crippen LogP contribution is -2.55. The highest BCUT2D eigenvalue weighted by molar-refractivity contribution is 5.83. The van der Waals surface area contributed by atoms with Crippen molar-refractivity contribution in [3.05, 3.63) is 0 Å². The molecule has 3 rings (SSSR count). The van der Waals surface area contributed by atoms with E-state index in [1.54, 1.807) is 0 Å². The van der Waals surface area contributed by atoms with Crippen molar-refractivity contribution in [1.82, 2.24) is 20.0 Å². The molecule has 2 saturated heterocycles. The summed E-state index contributed by atoms with van der Waals surface area (Å²) in [6.45, 7) is 6.26. The lowest BCUT2D eigenvalue weighted by atomic mass is 9.80. The Labute approximate surface area is 169 Å². The van der Waals surface area contributed by atoms with E-state index in [0.717, 1.165) is 52.2 Å². The molecule has 0 spiro atoms. The number of hydrogen-bond donors (Lipinski definition) is 1. The van der Waals surface area contributed by atoms with Crippen LogP contribution in [0.15, 0.2) is 0 Å². The summed E-state index contributed by atoms with van der Waals surface area (Å²) in [5.74, 6) is 0.232. The van der Waals surface area contributed by atoms with Gasteiger partial charge in [0.05, 0.1) is 19.1 Å². The SMILES string of the molecule is CN(C)C1(CNC(=O)[C@@H]2CCC(=O)N(CCN3CCOCC3)C2)CCCCC1. The van der Waals surface area contributed by atoms with Gasteiger partial charge in [-0.3, -0.25) is 14.5 Å². The van der Waals surface area contributed by atoms with Gasteiger partial charge in [0.2, 0.25) is 11.8 Å². The number of carbonyl (C=O) groups is 2. The Kier molecular flexibility index (Phi) is 7.71. The molecule has 3 aliphatic rings. The number of ether oxygens (including phenoxy) is 1. The lowest BCUT2D eigenvalue weighted by Gasteiger charge is -2.43. The minimum Gasteiger partial charge on any atom is -0.379 e. The highest BCUT2D eigenvalue weighted by atomic mass is 16.5. The number of morpholine rings is 1. The molecule has 2 heterocycles. The van der Waals surface area contributed by atoms with Crippen molar-refractivity contribution in [2.24, 2.45) is 5.92 Å². The summed E-state index contributed by atoms with van der Waals surface area (Å²) in [5.41, 5.74) is 0.0917. The summed E-state index contributed by atoms with van der Waals surface area (Å²) in [6.07, 6.45) is 7.23. The molecule has 0 aromatic rings. The van der Waals surface area contributed by atoms with Gasteiger partial charge in [0.15, 0.2) is 0 Å². The number of nitrogens with one attached hydrogen (secondary N) is 1. The van der Waals surface area contributed by atoms with Gasteiger partial charge >= 0.3 is 0 Å². The highest BCUT2D eigenvalue weighted by Gasteiger charge is 2.36. The van der Waals surface area contributed by atoms with Gasteiger partial charge in [0, 0.05) is 51.2 Å². The normalized spacial score (nSPS) is 26.5. The Bertz CT molecular complexity index is 528. The number of hydrogen-bond acceptors (Lipinski definition) is 5. The predicted molar refractivity (Wildman–Crippen MR) is 109 cm³/mol. The minimum absolute atomic E-state index is 0.0785. The van der Waals surface area contributed by atoms with Crippen molar-refractivity contribution in [1.29, 1.82) is 0 Å². The molecule has 160 valence electrons. The van der Waals surface area contributed by atoms with Gasteiger partial charge in [0.1, 0.15) is 0 Å². The van der Waals surface area contributed by atoms with Gasteiger partial charge in [-0.2, -0.15) is 0 Å². The molecule has 1 N–H and O–H groups in total. The summed E-state index contributed by atoms with van der Waals surface area (Å²) in [5, 5.41) is 3.24. The number of piperidine rings is 1. The summed E-state index contributed by atoms with van der Waals surface area (Å²) < 4.78 is 5.38. The first kappa shape index (κ1) is 21.5. The Hall–Kier alpha value is -1.18. The molecular weight excluding hydrogens is 356 g/mol. The molecular formula is C21H38N4O3. The topological polar surface area (TPSA) is 65.1 Å². The van der Waals surface area contributed by atoms with Crippen LogP contribution in [0.4, 0.5) is 0 Å². The first-order chi connectivity index (χ1) is 13.5. The Morgan fingerprint density at radius 1 is 1.18 bits per heavy atom. The molecule has 0 unspecified atom stereocenters. The third-order valence-electron chi connectivity index (χ3n) is 6.99. The molecule has 7 nitrogen and oxygen atoms in total. The van der Waals surface area contributed by atoms with E-state index in [2.05, 4.69) is 29.2 Å². The molecule has 1 aliphatic carbocycles. The minimum atomic E-state index is -0.0785. The number of likely N-dealkylation sites (N-methyl/N-ethyl adjacent to an activating group) is 1. The van der Waals surface area contributed by atoms with E-state index in [4.69, 9.17) is 4.74 Å². The number of likely N-dealkylation sites (tertiary alicyclic amines) is 1. The van der Waals surface area contributed by atoms with Crippen molar-refractivity contribution >= 4 is 11.8 Å². The zero-order valence-corrected chi connectivity index (χ0v) is 17.8. The zero-order valence-electron chi connectivity index (χ0n) is 17.8. The van der Waals surface area contributed by atoms with Crippen molar-refractivity contribution in [3.8, 4) is 0 Å². The fourth-order valence-corrected chi connectivity index (χ4v) is 4.82. The van der Waals surface area contributed by atoms with Crippen molar-refractivity contribution in [2.75, 3.05) is 66.6 Å². The molecule has 7 heteroatoms. The maximum atomic E-state index is 12.9. The smallest absolute Gasteiger partial charge is 0.224 e. The van der Waals surface area contributed by atoms with E-state index in [1.165, 1.54) is 19.3 Å². The lowest BCUT2D eigenvalue weighted by molar-refractivity contribution is -0.138. The second-order valence-corrected chi connectivity index (χ2v) is 8.93. The number of rotatable bonds is 7. The summed E-state index contributed by atoms with van der Waals surface area (Å²) in [4.78, 5) is 31.7. The quantitative estimate of drug-likeness (QED) is 0.696. The van der Waals surface area contributed by atoms with E-state index in [1.807, 2.05) is 4.90 Å². The van der Waals surface area contributed by atoms with Gasteiger partial charge in [-0.1, -0.05) is 19.3 Å². The fourth-order valence-electron chi connectivity index (χ4n) is 4.82. The monoisotopic (exact) mass is 394 g/mol. The van der Waals surface area contributed by atoms with Gasteiger partial charge in [-0.15, -0.1) is 0 Å². The van der Waals surface area contributed by atoms with E-state index in [9.17, 15) is 9.59 Å². The third kappa shape index (κ3) is 5.45. The predicted octanol–water partition coefficient (Wildman–Crippen LogP) is 0.938. The molecule has 3 fully saturated rings. The molecule has 1 atom stereocenters. The molecule has 0 radical (unpaired) electrons. The van der Waals surface area contributed by atoms with Crippen molar-refractivity contribution < 1.29 is 14.3 Å². The second-order valence-electron chi connectivity index (χ2n) is 8.93. The third-order valence-corrected chi connectivity index (χ3v) is 6.99. The van der Waals surface area contributed by atoms with E-state index < -0.39 is 0 Å².